The van der Waals surface area contributed by atoms with Crippen molar-refractivity contribution in [1.82, 2.24) is 9.80 Å². The van der Waals surface area contributed by atoms with Crippen molar-refractivity contribution in [2.45, 2.75) is 13.5 Å². The minimum Gasteiger partial charge on any atom is -0.496 e. The highest BCUT2D eigenvalue weighted by Crippen LogP contribution is 2.30. The first-order valence-corrected chi connectivity index (χ1v) is 7.40. The Kier molecular flexibility index (Phi) is 5.19. The summed E-state index contributed by atoms with van der Waals surface area (Å²) in [6, 6.07) is 3.12. The molecule has 1 aliphatic rings. The predicted octanol–water partition coefficient (Wildman–Crippen LogP) is 2.73. The van der Waals surface area contributed by atoms with Crippen LogP contribution in [0.5, 0.6) is 5.75 Å². The Bertz CT molecular complexity index is 434. The molecule has 106 valence electrons. The lowest BCUT2D eigenvalue weighted by molar-refractivity contribution is 0.131. The quantitative estimate of drug-likeness (QED) is 0.844. The summed E-state index contributed by atoms with van der Waals surface area (Å²) in [6.45, 7) is 8.18. The molecule has 0 aliphatic carbocycles. The van der Waals surface area contributed by atoms with E-state index in [2.05, 4.69) is 32.7 Å². The Hall–Kier alpha value is -0.650. The summed E-state index contributed by atoms with van der Waals surface area (Å²) >= 11 is 3.33. The maximum absolute atomic E-state index is 13.6. The average Bonchev–Trinajstić information content (AvgIpc) is 2.45. The zero-order valence-corrected chi connectivity index (χ0v) is 13.0. The van der Waals surface area contributed by atoms with Crippen LogP contribution in [0.3, 0.4) is 0 Å². The van der Waals surface area contributed by atoms with Gasteiger partial charge in [0.2, 0.25) is 0 Å². The molecular weight excluding hydrogens is 311 g/mol. The summed E-state index contributed by atoms with van der Waals surface area (Å²) in [5.41, 5.74) is 0.896. The molecule has 1 fully saturated rings. The van der Waals surface area contributed by atoms with E-state index in [4.69, 9.17) is 4.74 Å². The lowest BCUT2D eigenvalue weighted by Gasteiger charge is -2.34. The molecule has 19 heavy (non-hydrogen) atoms. The van der Waals surface area contributed by atoms with E-state index in [0.717, 1.165) is 50.6 Å². The lowest BCUT2D eigenvalue weighted by Crippen LogP contribution is -2.45. The van der Waals surface area contributed by atoms with Gasteiger partial charge in [0.05, 0.1) is 11.6 Å². The molecular formula is C14H20BrFN2O. The minimum absolute atomic E-state index is 0.233. The monoisotopic (exact) mass is 330 g/mol. The Balaban J connectivity index is 2.09. The molecule has 1 aliphatic heterocycles. The number of likely N-dealkylation sites (N-methyl/N-ethyl adjacent to an activating group) is 1. The highest BCUT2D eigenvalue weighted by Gasteiger charge is 2.19. The van der Waals surface area contributed by atoms with Gasteiger partial charge >= 0.3 is 0 Å². The molecule has 0 atom stereocenters. The third-order valence-corrected chi connectivity index (χ3v) is 4.52. The summed E-state index contributed by atoms with van der Waals surface area (Å²) in [5.74, 6) is 0.509. The SMILES string of the molecule is CCN1CCN(Cc2c(OC)ccc(F)c2Br)CC1. The number of hydrogen-bond donors (Lipinski definition) is 0. The van der Waals surface area contributed by atoms with Crippen molar-refractivity contribution in [3.63, 3.8) is 0 Å². The van der Waals surface area contributed by atoms with Crippen molar-refractivity contribution in [1.29, 1.82) is 0 Å². The lowest BCUT2D eigenvalue weighted by atomic mass is 10.1. The van der Waals surface area contributed by atoms with Gasteiger partial charge in [0.15, 0.2) is 0 Å². The third-order valence-electron chi connectivity index (χ3n) is 3.67. The summed E-state index contributed by atoms with van der Waals surface area (Å²) in [7, 11) is 1.62. The van der Waals surface area contributed by atoms with E-state index in [0.29, 0.717) is 4.47 Å². The molecule has 1 heterocycles. The zero-order valence-electron chi connectivity index (χ0n) is 11.5. The van der Waals surface area contributed by atoms with Crippen LogP contribution in [0, 0.1) is 5.82 Å². The molecule has 0 aromatic heterocycles. The standard InChI is InChI=1S/C14H20BrFN2O/c1-3-17-6-8-18(9-7-17)10-11-13(19-2)5-4-12(16)14(11)15/h4-5H,3,6-10H2,1-2H3. The summed E-state index contributed by atoms with van der Waals surface area (Å²) < 4.78 is 19.5. The number of methoxy groups -OCH3 is 1. The van der Waals surface area contributed by atoms with Gasteiger partial charge in [0.25, 0.3) is 0 Å². The highest BCUT2D eigenvalue weighted by molar-refractivity contribution is 9.10. The fourth-order valence-corrected chi connectivity index (χ4v) is 2.85. The van der Waals surface area contributed by atoms with Crippen molar-refractivity contribution in [3.8, 4) is 5.75 Å². The van der Waals surface area contributed by atoms with Crippen molar-refractivity contribution >= 4 is 15.9 Å². The van der Waals surface area contributed by atoms with Crippen molar-refractivity contribution in [2.75, 3.05) is 39.8 Å². The predicted molar refractivity (Wildman–Crippen MR) is 78.0 cm³/mol. The molecule has 0 radical (unpaired) electrons. The van der Waals surface area contributed by atoms with Gasteiger partial charge in [-0.15, -0.1) is 0 Å². The number of rotatable bonds is 4. The molecule has 1 aromatic carbocycles. The average molecular weight is 331 g/mol. The van der Waals surface area contributed by atoms with Crippen LogP contribution in [0.15, 0.2) is 16.6 Å². The van der Waals surface area contributed by atoms with Gasteiger partial charge in [0, 0.05) is 38.3 Å². The zero-order chi connectivity index (χ0) is 13.8. The first-order valence-electron chi connectivity index (χ1n) is 6.61. The Morgan fingerprint density at radius 3 is 2.42 bits per heavy atom. The van der Waals surface area contributed by atoms with Crippen molar-refractivity contribution in [3.05, 3.63) is 28.0 Å². The second-order valence-electron chi connectivity index (χ2n) is 4.75. The molecule has 0 bridgehead atoms. The normalized spacial score (nSPS) is 17.7. The maximum atomic E-state index is 13.6. The minimum atomic E-state index is -0.233. The van der Waals surface area contributed by atoms with Gasteiger partial charge in [-0.05, 0) is 34.6 Å². The van der Waals surface area contributed by atoms with Gasteiger partial charge in [-0.1, -0.05) is 6.92 Å². The van der Waals surface area contributed by atoms with E-state index in [1.807, 2.05) is 0 Å². The number of halogens is 2. The van der Waals surface area contributed by atoms with Crippen molar-refractivity contribution < 1.29 is 9.13 Å². The van der Waals surface area contributed by atoms with Crippen LogP contribution < -0.4 is 4.74 Å². The highest BCUT2D eigenvalue weighted by atomic mass is 79.9. The van der Waals surface area contributed by atoms with Gasteiger partial charge in [0.1, 0.15) is 11.6 Å². The summed E-state index contributed by atoms with van der Waals surface area (Å²) in [4.78, 5) is 4.77. The number of piperazine rings is 1. The molecule has 0 amide bonds. The molecule has 1 aromatic rings. The topological polar surface area (TPSA) is 15.7 Å². The Labute approximate surface area is 122 Å². The summed E-state index contributed by atoms with van der Waals surface area (Å²) in [5, 5.41) is 0. The van der Waals surface area contributed by atoms with Crippen LogP contribution in [0.1, 0.15) is 12.5 Å². The van der Waals surface area contributed by atoms with Crippen molar-refractivity contribution in [2.24, 2.45) is 0 Å². The van der Waals surface area contributed by atoms with Crippen LogP contribution in [-0.4, -0.2) is 49.6 Å². The third kappa shape index (κ3) is 3.46. The number of hydrogen-bond acceptors (Lipinski definition) is 3. The van der Waals surface area contributed by atoms with Crippen LogP contribution in [-0.2, 0) is 6.54 Å². The first-order chi connectivity index (χ1) is 9.15. The van der Waals surface area contributed by atoms with E-state index >= 15 is 0 Å². The van der Waals surface area contributed by atoms with E-state index < -0.39 is 0 Å². The van der Waals surface area contributed by atoms with Crippen LogP contribution in [0.4, 0.5) is 4.39 Å². The fraction of sp³-hybridized carbons (Fsp3) is 0.571. The molecule has 0 unspecified atom stereocenters. The molecule has 5 heteroatoms. The van der Waals surface area contributed by atoms with Crippen LogP contribution in [0.25, 0.3) is 0 Å². The number of ether oxygens (including phenoxy) is 1. The second kappa shape index (κ2) is 6.68. The van der Waals surface area contributed by atoms with E-state index in [9.17, 15) is 4.39 Å². The molecule has 0 N–H and O–H groups in total. The molecule has 1 saturated heterocycles. The van der Waals surface area contributed by atoms with Crippen LogP contribution in [0.2, 0.25) is 0 Å². The van der Waals surface area contributed by atoms with Gasteiger partial charge in [-0.3, -0.25) is 4.90 Å². The smallest absolute Gasteiger partial charge is 0.137 e. The largest absolute Gasteiger partial charge is 0.496 e. The Morgan fingerprint density at radius 1 is 1.21 bits per heavy atom. The first kappa shape index (κ1) is 14.8. The molecule has 0 spiro atoms. The second-order valence-corrected chi connectivity index (χ2v) is 5.55. The van der Waals surface area contributed by atoms with E-state index in [1.165, 1.54) is 6.07 Å². The molecule has 0 saturated carbocycles. The number of benzene rings is 1. The number of nitrogens with zero attached hydrogens (tertiary/aromatic N) is 2. The van der Waals surface area contributed by atoms with Gasteiger partial charge in [-0.2, -0.15) is 0 Å². The van der Waals surface area contributed by atoms with Crippen LogP contribution >= 0.6 is 15.9 Å². The Morgan fingerprint density at radius 2 is 1.84 bits per heavy atom. The molecule has 2 rings (SSSR count). The molecule has 3 nitrogen and oxygen atoms in total. The fourth-order valence-electron chi connectivity index (χ4n) is 2.40. The van der Waals surface area contributed by atoms with Gasteiger partial charge < -0.3 is 9.64 Å². The van der Waals surface area contributed by atoms with Gasteiger partial charge in [-0.25, -0.2) is 4.39 Å². The maximum Gasteiger partial charge on any atom is 0.137 e. The summed E-state index contributed by atoms with van der Waals surface area (Å²) in [6.07, 6.45) is 0. The van der Waals surface area contributed by atoms with E-state index in [1.54, 1.807) is 13.2 Å². The van der Waals surface area contributed by atoms with E-state index in [-0.39, 0.29) is 5.82 Å².